The Balaban J connectivity index is 2.56. The predicted octanol–water partition coefficient (Wildman–Crippen LogP) is 3.68. The highest BCUT2D eigenvalue weighted by atomic mass is 79.9. The quantitative estimate of drug-likeness (QED) is 0.519. The molecule has 0 amide bonds. The van der Waals surface area contributed by atoms with Gasteiger partial charge in [-0.25, -0.2) is 13.2 Å². The molecule has 0 fully saturated rings. The second kappa shape index (κ2) is 5.05. The van der Waals surface area contributed by atoms with Crippen molar-refractivity contribution < 1.29 is 18.0 Å². The van der Waals surface area contributed by atoms with E-state index in [-0.39, 0.29) is 11.3 Å². The minimum atomic E-state index is -1.68. The molecule has 0 aliphatic heterocycles. The lowest BCUT2D eigenvalue weighted by molar-refractivity contribution is 0.103. The van der Waals surface area contributed by atoms with Crippen LogP contribution < -0.4 is 5.73 Å². The van der Waals surface area contributed by atoms with E-state index in [9.17, 15) is 18.0 Å². The molecule has 2 N–H and O–H groups in total. The van der Waals surface area contributed by atoms with Gasteiger partial charge in [-0.3, -0.25) is 4.79 Å². The Labute approximate surface area is 115 Å². The zero-order chi connectivity index (χ0) is 14.2. The maximum absolute atomic E-state index is 13.5. The normalized spacial score (nSPS) is 10.5. The van der Waals surface area contributed by atoms with Crippen LogP contribution in [0.4, 0.5) is 18.9 Å². The van der Waals surface area contributed by atoms with E-state index in [1.807, 2.05) is 0 Å². The van der Waals surface area contributed by atoms with E-state index >= 15 is 0 Å². The average molecular weight is 330 g/mol. The fourth-order valence-corrected chi connectivity index (χ4v) is 1.93. The number of hydrogen-bond donors (Lipinski definition) is 1. The molecule has 6 heteroatoms. The molecule has 2 nitrogen and oxygen atoms in total. The largest absolute Gasteiger partial charge is 0.398 e. The van der Waals surface area contributed by atoms with Gasteiger partial charge in [0.1, 0.15) is 0 Å². The second-order valence-electron chi connectivity index (χ2n) is 3.78. The molecule has 0 aliphatic rings. The summed E-state index contributed by atoms with van der Waals surface area (Å²) in [5.74, 6) is -5.37. The first kappa shape index (κ1) is 13.6. The van der Waals surface area contributed by atoms with Crippen LogP contribution in [0, 0.1) is 17.5 Å². The summed E-state index contributed by atoms with van der Waals surface area (Å²) < 4.78 is 40.0. The summed E-state index contributed by atoms with van der Waals surface area (Å²) in [6.45, 7) is 0. The Morgan fingerprint density at radius 3 is 2.37 bits per heavy atom. The molecule has 0 unspecified atom stereocenters. The average Bonchev–Trinajstić information content (AvgIpc) is 2.38. The smallest absolute Gasteiger partial charge is 0.198 e. The number of halogens is 4. The molecule has 98 valence electrons. The third-order valence-corrected chi connectivity index (χ3v) is 3.03. The molecule has 0 atom stereocenters. The molecule has 0 radical (unpaired) electrons. The van der Waals surface area contributed by atoms with Crippen LogP contribution in [0.5, 0.6) is 0 Å². The van der Waals surface area contributed by atoms with Gasteiger partial charge in [0.25, 0.3) is 0 Å². The monoisotopic (exact) mass is 329 g/mol. The molecule has 0 heterocycles. The highest BCUT2D eigenvalue weighted by Gasteiger charge is 2.21. The van der Waals surface area contributed by atoms with Crippen LogP contribution in [0.15, 0.2) is 34.8 Å². The Hall–Kier alpha value is -1.82. The van der Waals surface area contributed by atoms with Crippen molar-refractivity contribution in [3.05, 3.63) is 63.4 Å². The maximum atomic E-state index is 13.5. The zero-order valence-electron chi connectivity index (χ0n) is 9.38. The molecular weight excluding hydrogens is 323 g/mol. The van der Waals surface area contributed by atoms with E-state index in [1.54, 1.807) is 6.07 Å². The van der Waals surface area contributed by atoms with Gasteiger partial charge in [0.15, 0.2) is 23.2 Å². The summed E-state index contributed by atoms with van der Waals surface area (Å²) in [7, 11) is 0. The Morgan fingerprint density at radius 2 is 1.68 bits per heavy atom. The van der Waals surface area contributed by atoms with Crippen LogP contribution in [0.25, 0.3) is 0 Å². The van der Waals surface area contributed by atoms with Crippen molar-refractivity contribution in [3.63, 3.8) is 0 Å². The first-order valence-electron chi connectivity index (χ1n) is 5.15. The fourth-order valence-electron chi connectivity index (χ4n) is 1.57. The van der Waals surface area contributed by atoms with Crippen molar-refractivity contribution in [1.82, 2.24) is 0 Å². The molecule has 0 saturated carbocycles. The number of carbonyl (C=O) groups is 1. The molecule has 2 aromatic rings. The van der Waals surface area contributed by atoms with Crippen LogP contribution >= 0.6 is 15.9 Å². The van der Waals surface area contributed by atoms with Gasteiger partial charge < -0.3 is 5.73 Å². The lowest BCUT2D eigenvalue weighted by atomic mass is 10.0. The molecule has 0 saturated heterocycles. The number of nitrogen functional groups attached to an aromatic ring is 1. The number of anilines is 1. The molecule has 0 aromatic heterocycles. The van der Waals surface area contributed by atoms with Crippen molar-refractivity contribution in [1.29, 1.82) is 0 Å². The predicted molar refractivity (Wildman–Crippen MR) is 68.3 cm³/mol. The lowest BCUT2D eigenvalue weighted by Crippen LogP contribution is -2.09. The summed E-state index contributed by atoms with van der Waals surface area (Å²) in [5, 5.41) is 0. The second-order valence-corrected chi connectivity index (χ2v) is 4.70. The number of nitrogens with two attached hydrogens (primary N) is 1. The highest BCUT2D eigenvalue weighted by molar-refractivity contribution is 9.10. The third kappa shape index (κ3) is 2.49. The van der Waals surface area contributed by atoms with E-state index in [1.165, 1.54) is 12.1 Å². The van der Waals surface area contributed by atoms with Gasteiger partial charge in [0.2, 0.25) is 0 Å². The molecule has 2 rings (SSSR count). The lowest BCUT2D eigenvalue weighted by Gasteiger charge is -2.07. The number of rotatable bonds is 2. The topological polar surface area (TPSA) is 43.1 Å². The number of ketones is 1. The van der Waals surface area contributed by atoms with Gasteiger partial charge in [-0.15, -0.1) is 0 Å². The summed E-state index contributed by atoms with van der Waals surface area (Å²) in [6.07, 6.45) is 0. The third-order valence-electron chi connectivity index (χ3n) is 2.54. The van der Waals surface area contributed by atoms with Crippen LogP contribution in [0.2, 0.25) is 0 Å². The van der Waals surface area contributed by atoms with E-state index in [0.29, 0.717) is 10.5 Å². The van der Waals surface area contributed by atoms with Gasteiger partial charge in [-0.05, 0) is 30.3 Å². The molecule has 19 heavy (non-hydrogen) atoms. The van der Waals surface area contributed by atoms with Crippen LogP contribution in [-0.2, 0) is 0 Å². The molecule has 0 bridgehead atoms. The minimum absolute atomic E-state index is 0.0132. The zero-order valence-corrected chi connectivity index (χ0v) is 11.0. The van der Waals surface area contributed by atoms with Crippen molar-refractivity contribution in [2.75, 3.05) is 5.73 Å². The van der Waals surface area contributed by atoms with Gasteiger partial charge in [0, 0.05) is 15.7 Å². The molecule has 2 aromatic carbocycles. The van der Waals surface area contributed by atoms with Gasteiger partial charge >= 0.3 is 0 Å². The van der Waals surface area contributed by atoms with Crippen LogP contribution in [-0.4, -0.2) is 5.78 Å². The fraction of sp³-hybridized carbons (Fsp3) is 0. The van der Waals surface area contributed by atoms with Crippen molar-refractivity contribution in [2.24, 2.45) is 0 Å². The molecule has 0 spiro atoms. The number of benzene rings is 2. The van der Waals surface area contributed by atoms with Crippen LogP contribution in [0.3, 0.4) is 0 Å². The first-order valence-corrected chi connectivity index (χ1v) is 5.94. The summed E-state index contributed by atoms with van der Waals surface area (Å²) in [6, 6.07) is 6.03. The maximum Gasteiger partial charge on any atom is 0.198 e. The summed E-state index contributed by atoms with van der Waals surface area (Å²) in [4.78, 5) is 12.1. The van der Waals surface area contributed by atoms with Crippen molar-refractivity contribution in [2.45, 2.75) is 0 Å². The highest BCUT2D eigenvalue weighted by Crippen LogP contribution is 2.24. The van der Waals surface area contributed by atoms with Crippen molar-refractivity contribution >= 4 is 27.4 Å². The van der Waals surface area contributed by atoms with Gasteiger partial charge in [-0.1, -0.05) is 15.9 Å². The first-order chi connectivity index (χ1) is 8.91. The Morgan fingerprint density at radius 1 is 1.00 bits per heavy atom. The minimum Gasteiger partial charge on any atom is -0.398 e. The number of hydrogen-bond acceptors (Lipinski definition) is 2. The summed E-state index contributed by atoms with van der Waals surface area (Å²) in [5.41, 5.74) is 5.18. The van der Waals surface area contributed by atoms with E-state index < -0.39 is 28.8 Å². The Bertz CT molecular complexity index is 673. The standard InChI is InChI=1S/C13H7BrF3NO/c14-6-1-4-10(18)8(5-6)13(19)7-2-3-9(15)12(17)11(7)16/h1-5H,18H2. The van der Waals surface area contributed by atoms with E-state index in [4.69, 9.17) is 5.73 Å². The van der Waals surface area contributed by atoms with E-state index in [0.717, 1.165) is 6.07 Å². The summed E-state index contributed by atoms with van der Waals surface area (Å²) >= 11 is 3.15. The van der Waals surface area contributed by atoms with Crippen LogP contribution in [0.1, 0.15) is 15.9 Å². The SMILES string of the molecule is Nc1ccc(Br)cc1C(=O)c1ccc(F)c(F)c1F. The molecular formula is C13H7BrF3NO. The van der Waals surface area contributed by atoms with Gasteiger partial charge in [0.05, 0.1) is 5.56 Å². The Kier molecular flexibility index (Phi) is 3.61. The number of carbonyl (C=O) groups excluding carboxylic acids is 1. The van der Waals surface area contributed by atoms with Crippen molar-refractivity contribution in [3.8, 4) is 0 Å². The van der Waals surface area contributed by atoms with Gasteiger partial charge in [-0.2, -0.15) is 0 Å². The molecule has 0 aliphatic carbocycles. The van der Waals surface area contributed by atoms with E-state index in [2.05, 4.69) is 15.9 Å².